The van der Waals surface area contributed by atoms with Crippen LogP contribution in [0.4, 0.5) is 5.69 Å². The number of carbonyl (C=O) groups is 1. The lowest BCUT2D eigenvalue weighted by Crippen LogP contribution is -2.14. The number of thiazole rings is 1. The maximum Gasteiger partial charge on any atom is 0.338 e. The van der Waals surface area contributed by atoms with Crippen LogP contribution in [-0.2, 0) is 21.3 Å². The van der Waals surface area contributed by atoms with E-state index in [0.717, 1.165) is 29.7 Å². The molecule has 0 unspecified atom stereocenters. The van der Waals surface area contributed by atoms with Gasteiger partial charge in [-0.1, -0.05) is 48.4 Å². The maximum absolute atomic E-state index is 13.0. The first-order valence-electron chi connectivity index (χ1n) is 10.9. The summed E-state index contributed by atoms with van der Waals surface area (Å²) in [6.45, 7) is 2.71. The third kappa shape index (κ3) is 5.93. The van der Waals surface area contributed by atoms with Crippen molar-refractivity contribution < 1.29 is 17.9 Å². The van der Waals surface area contributed by atoms with Crippen LogP contribution in [0.1, 0.15) is 35.7 Å². The molecule has 4 aromatic rings. The largest absolute Gasteiger partial charge is 0.462 e. The Kier molecular flexibility index (Phi) is 7.59. The van der Waals surface area contributed by atoms with Crippen LogP contribution in [0.3, 0.4) is 0 Å². The van der Waals surface area contributed by atoms with E-state index in [4.69, 9.17) is 16.3 Å². The Bertz CT molecular complexity index is 1510. The van der Waals surface area contributed by atoms with Crippen LogP contribution >= 0.6 is 22.9 Å². The second-order valence-corrected chi connectivity index (χ2v) is 11.0. The summed E-state index contributed by atoms with van der Waals surface area (Å²) >= 11 is 6.92. The summed E-state index contributed by atoms with van der Waals surface area (Å²) < 4.78 is 35.8. The van der Waals surface area contributed by atoms with Gasteiger partial charge in [0.15, 0.2) is 0 Å². The van der Waals surface area contributed by atoms with Gasteiger partial charge in [-0.15, -0.1) is 0 Å². The lowest BCUT2D eigenvalue weighted by Gasteiger charge is -2.10. The first kappa shape index (κ1) is 25.0. The quantitative estimate of drug-likeness (QED) is 0.227. The Morgan fingerprint density at radius 3 is 2.46 bits per heavy atom. The number of anilines is 1. The minimum absolute atomic E-state index is 0.0351. The highest BCUT2D eigenvalue weighted by atomic mass is 35.5. The molecule has 182 valence electrons. The lowest BCUT2D eigenvalue weighted by atomic mass is 10.2. The molecule has 0 spiro atoms. The molecule has 4 rings (SSSR count). The van der Waals surface area contributed by atoms with Crippen molar-refractivity contribution >= 4 is 54.8 Å². The highest BCUT2D eigenvalue weighted by Gasteiger charge is 2.18. The number of carbonyl (C=O) groups excluding carboxylic acids is 1. The van der Waals surface area contributed by atoms with Crippen molar-refractivity contribution in [3.8, 4) is 0 Å². The number of halogens is 1. The number of rotatable bonds is 9. The van der Waals surface area contributed by atoms with Crippen molar-refractivity contribution in [3.05, 3.63) is 92.5 Å². The molecule has 1 aromatic heterocycles. The van der Waals surface area contributed by atoms with E-state index in [9.17, 15) is 18.0 Å². The predicted molar refractivity (Wildman–Crippen MR) is 139 cm³/mol. The number of aromatic nitrogens is 1. The number of sulfonamides is 1. The highest BCUT2D eigenvalue weighted by molar-refractivity contribution is 7.92. The number of nitrogens with one attached hydrogen (secondary N) is 1. The number of esters is 1. The van der Waals surface area contributed by atoms with Crippen LogP contribution < -0.4 is 9.60 Å². The summed E-state index contributed by atoms with van der Waals surface area (Å²) in [5, 5.41) is 0.611. The summed E-state index contributed by atoms with van der Waals surface area (Å²) in [6.07, 6.45) is 1.71. The van der Waals surface area contributed by atoms with Crippen LogP contribution in [0.5, 0.6) is 0 Å². The zero-order chi connectivity index (χ0) is 25.0. The first-order valence-corrected chi connectivity index (χ1v) is 13.6. The molecule has 0 aliphatic carbocycles. The summed E-state index contributed by atoms with van der Waals surface area (Å²) in [5.74, 6) is -0.448. The van der Waals surface area contributed by atoms with Gasteiger partial charge < -0.3 is 4.74 Å². The fraction of sp³-hybridized carbons (Fsp3) is 0.200. The first-order chi connectivity index (χ1) is 16.8. The van der Waals surface area contributed by atoms with Gasteiger partial charge in [0.2, 0.25) is 0 Å². The number of hydrogen-bond acceptors (Lipinski definition) is 6. The van der Waals surface area contributed by atoms with E-state index in [0.29, 0.717) is 39.6 Å². The van der Waals surface area contributed by atoms with Crippen LogP contribution in [0.15, 0.2) is 76.4 Å². The average Bonchev–Trinajstić information content (AvgIpc) is 3.15. The second-order valence-electron chi connectivity index (χ2n) is 7.88. The third-order valence-corrected chi connectivity index (χ3v) is 7.88. The normalized spacial score (nSPS) is 11.5. The zero-order valence-electron chi connectivity index (χ0n) is 18.9. The van der Waals surface area contributed by atoms with Gasteiger partial charge >= 0.3 is 10.8 Å². The Labute approximate surface area is 212 Å². The molecule has 7 nitrogen and oxygen atoms in total. The number of unbranched alkanes of at least 4 members (excludes halogenated alkanes) is 1. The smallest absolute Gasteiger partial charge is 0.338 e. The Hall–Kier alpha value is -3.14. The number of hydrogen-bond donors (Lipinski definition) is 1. The molecular formula is C25H23ClN2O5S2. The third-order valence-electron chi connectivity index (χ3n) is 5.31. The van der Waals surface area contributed by atoms with E-state index >= 15 is 0 Å². The predicted octanol–water partition coefficient (Wildman–Crippen LogP) is 5.52. The van der Waals surface area contributed by atoms with Crippen molar-refractivity contribution in [3.63, 3.8) is 0 Å². The van der Waals surface area contributed by atoms with Crippen LogP contribution in [0.2, 0.25) is 5.02 Å². The summed E-state index contributed by atoms with van der Waals surface area (Å²) in [7, 11) is -3.91. The molecule has 0 saturated heterocycles. The number of benzene rings is 3. The minimum atomic E-state index is -3.91. The molecule has 1 N–H and O–H groups in total. The lowest BCUT2D eigenvalue weighted by molar-refractivity contribution is 0.0500. The van der Waals surface area contributed by atoms with Crippen molar-refractivity contribution in [2.45, 2.75) is 31.2 Å². The van der Waals surface area contributed by atoms with Gasteiger partial charge in [0.25, 0.3) is 10.0 Å². The van der Waals surface area contributed by atoms with Gasteiger partial charge in [0.05, 0.1) is 33.8 Å². The molecule has 0 radical (unpaired) electrons. The fourth-order valence-corrected chi connectivity index (χ4v) is 5.63. The van der Waals surface area contributed by atoms with Crippen LogP contribution in [0.25, 0.3) is 10.2 Å². The van der Waals surface area contributed by atoms with E-state index < -0.39 is 16.0 Å². The monoisotopic (exact) mass is 530 g/mol. The SMILES string of the molecule is CCCCOC(=O)c1ccc(NS(=O)(=O)c2ccc3c(c2)sc(=O)n3Cc2ccc(Cl)cc2)cc1. The van der Waals surface area contributed by atoms with Gasteiger partial charge in [-0.3, -0.25) is 14.1 Å². The molecule has 0 saturated carbocycles. The van der Waals surface area contributed by atoms with Gasteiger partial charge in [-0.2, -0.15) is 0 Å². The van der Waals surface area contributed by atoms with Crippen LogP contribution in [-0.4, -0.2) is 25.6 Å². The molecule has 10 heteroatoms. The highest BCUT2D eigenvalue weighted by Crippen LogP contribution is 2.24. The van der Waals surface area contributed by atoms with E-state index in [1.54, 1.807) is 22.8 Å². The Balaban J connectivity index is 1.52. The average molecular weight is 531 g/mol. The molecule has 35 heavy (non-hydrogen) atoms. The van der Waals surface area contributed by atoms with Gasteiger partial charge in [-0.05, 0) is 66.6 Å². The molecule has 0 amide bonds. The molecule has 0 bridgehead atoms. The molecule has 0 fully saturated rings. The maximum atomic E-state index is 13.0. The Morgan fingerprint density at radius 1 is 1.06 bits per heavy atom. The number of ether oxygens (including phenoxy) is 1. The van der Waals surface area contributed by atoms with Gasteiger partial charge in [0, 0.05) is 10.7 Å². The Morgan fingerprint density at radius 2 is 1.77 bits per heavy atom. The fourth-order valence-electron chi connectivity index (χ4n) is 3.42. The molecule has 0 aliphatic rings. The second kappa shape index (κ2) is 10.6. The molecule has 0 atom stereocenters. The molecule has 0 aliphatic heterocycles. The van der Waals surface area contributed by atoms with E-state index in [2.05, 4.69) is 4.72 Å². The standard InChI is InChI=1S/C25H23ClN2O5S2/c1-2-3-14-33-24(29)18-6-10-20(11-7-18)27-35(31,32)21-12-13-22-23(15-21)34-25(30)28(22)16-17-4-8-19(26)9-5-17/h4-13,15,27H,2-3,14,16H2,1H3. The van der Waals surface area contributed by atoms with E-state index in [1.807, 2.05) is 19.1 Å². The summed E-state index contributed by atoms with van der Waals surface area (Å²) in [4.78, 5) is 24.5. The molecule has 3 aromatic carbocycles. The topological polar surface area (TPSA) is 94.5 Å². The number of nitrogens with zero attached hydrogens (tertiary/aromatic N) is 1. The number of fused-ring (bicyclic) bond motifs is 1. The van der Waals surface area contributed by atoms with Crippen molar-refractivity contribution in [2.75, 3.05) is 11.3 Å². The van der Waals surface area contributed by atoms with Crippen molar-refractivity contribution in [2.24, 2.45) is 0 Å². The zero-order valence-corrected chi connectivity index (χ0v) is 21.3. The van der Waals surface area contributed by atoms with E-state index in [1.165, 1.54) is 36.4 Å². The van der Waals surface area contributed by atoms with Crippen molar-refractivity contribution in [1.82, 2.24) is 4.57 Å². The van der Waals surface area contributed by atoms with Crippen molar-refractivity contribution in [1.29, 1.82) is 0 Å². The summed E-state index contributed by atoms with van der Waals surface area (Å²) in [5.41, 5.74) is 2.22. The summed E-state index contributed by atoms with van der Waals surface area (Å²) in [6, 6.07) is 17.8. The molecular weight excluding hydrogens is 508 g/mol. The van der Waals surface area contributed by atoms with Crippen LogP contribution in [0, 0.1) is 0 Å². The van der Waals surface area contributed by atoms with Gasteiger partial charge in [0.1, 0.15) is 0 Å². The molecule has 1 heterocycles. The van der Waals surface area contributed by atoms with E-state index in [-0.39, 0.29) is 9.77 Å². The van der Waals surface area contributed by atoms with Gasteiger partial charge in [-0.25, -0.2) is 13.2 Å². The minimum Gasteiger partial charge on any atom is -0.462 e.